The Bertz CT molecular complexity index is 3480. The van der Waals surface area contributed by atoms with Gasteiger partial charge in [0.05, 0.1) is 33.1 Å². The molecule has 0 radical (unpaired) electrons. The van der Waals surface area contributed by atoms with Crippen molar-refractivity contribution in [2.75, 3.05) is 0 Å². The maximum Gasteiger partial charge on any atom is 0.182 e. The predicted octanol–water partition coefficient (Wildman–Crippen LogP) is 12.7. The number of nitrogens with zero attached hydrogens (tertiary/aromatic N) is 5. The van der Waals surface area contributed by atoms with Crippen molar-refractivity contribution in [3.63, 3.8) is 0 Å². The molecule has 0 bridgehead atoms. The van der Waals surface area contributed by atoms with Crippen molar-refractivity contribution in [3.8, 4) is 39.8 Å². The van der Waals surface area contributed by atoms with Crippen LogP contribution in [0, 0.1) is 0 Å². The van der Waals surface area contributed by atoms with E-state index in [2.05, 4.69) is 155 Å². The van der Waals surface area contributed by atoms with Gasteiger partial charge in [-0.3, -0.25) is 0 Å². The SMILES string of the molecule is c1ccc(-c2nc(-c3ccccc3)n(-c3cccc4c5ccccc5n(-c5cccc(-n6c7ccccc7c7ccc8oc9ccccc9c8c76)c5)c34)n2)cc1. The largest absolute Gasteiger partial charge is 0.456 e. The Kier molecular flexibility index (Phi) is 6.53. The molecule has 0 fully saturated rings. The Balaban J connectivity index is 1.15. The van der Waals surface area contributed by atoms with E-state index in [0.717, 1.165) is 83.4 Å². The molecule has 0 N–H and O–H groups in total. The minimum Gasteiger partial charge on any atom is -0.456 e. The highest BCUT2D eigenvalue weighted by molar-refractivity contribution is 6.24. The van der Waals surface area contributed by atoms with Gasteiger partial charge < -0.3 is 13.6 Å². The van der Waals surface area contributed by atoms with Crippen LogP contribution in [0.3, 0.4) is 0 Å². The molecule has 262 valence electrons. The summed E-state index contributed by atoms with van der Waals surface area (Å²) in [5.41, 5.74) is 11.2. The Morgan fingerprint density at radius 1 is 0.411 bits per heavy atom. The second kappa shape index (κ2) is 11.9. The standard InChI is InChI=1S/C50H31N5O/c1-3-15-32(16-4-1)49-51-50(33-17-5-2-6-18-33)55(52-49)43-27-14-24-38-36-21-7-10-25-41(36)53(47(38)43)34-19-13-20-35(31-34)54-42-26-11-8-22-37(42)39-29-30-45-46(48(39)54)40-23-9-12-28-44(40)56-45/h1-31H. The van der Waals surface area contributed by atoms with Gasteiger partial charge in [0.2, 0.25) is 0 Å². The summed E-state index contributed by atoms with van der Waals surface area (Å²) in [5.74, 6) is 1.46. The molecule has 6 heteroatoms. The van der Waals surface area contributed by atoms with Gasteiger partial charge in [0.1, 0.15) is 11.2 Å². The van der Waals surface area contributed by atoms with Crippen molar-refractivity contribution < 1.29 is 4.42 Å². The molecule has 0 saturated carbocycles. The molecule has 0 amide bonds. The summed E-state index contributed by atoms with van der Waals surface area (Å²) < 4.78 is 13.2. The van der Waals surface area contributed by atoms with E-state index >= 15 is 0 Å². The Morgan fingerprint density at radius 2 is 0.982 bits per heavy atom. The van der Waals surface area contributed by atoms with E-state index in [1.54, 1.807) is 0 Å². The minimum absolute atomic E-state index is 0.676. The molecular formula is C50H31N5O. The highest BCUT2D eigenvalue weighted by atomic mass is 16.3. The number of hydrogen-bond acceptors (Lipinski definition) is 3. The lowest BCUT2D eigenvalue weighted by atomic mass is 10.1. The van der Waals surface area contributed by atoms with Crippen LogP contribution >= 0.6 is 0 Å². The molecule has 6 nitrogen and oxygen atoms in total. The third-order valence-corrected chi connectivity index (χ3v) is 11.1. The van der Waals surface area contributed by atoms with Crippen molar-refractivity contribution in [2.24, 2.45) is 0 Å². The van der Waals surface area contributed by atoms with Gasteiger partial charge in [-0.15, -0.1) is 5.10 Å². The third kappa shape index (κ3) is 4.44. The summed E-state index contributed by atoms with van der Waals surface area (Å²) in [5, 5.41) is 12.2. The number of rotatable bonds is 5. The number of hydrogen-bond donors (Lipinski definition) is 0. The highest BCUT2D eigenvalue weighted by Crippen LogP contribution is 2.42. The third-order valence-electron chi connectivity index (χ3n) is 11.1. The smallest absolute Gasteiger partial charge is 0.182 e. The monoisotopic (exact) mass is 717 g/mol. The zero-order chi connectivity index (χ0) is 36.7. The number of aromatic nitrogens is 5. The Morgan fingerprint density at radius 3 is 1.71 bits per heavy atom. The van der Waals surface area contributed by atoms with Crippen molar-refractivity contribution in [3.05, 3.63) is 188 Å². The van der Waals surface area contributed by atoms with Crippen LogP contribution < -0.4 is 0 Å². The summed E-state index contributed by atoms with van der Waals surface area (Å²) in [4.78, 5) is 5.17. The van der Waals surface area contributed by atoms with Gasteiger partial charge in [-0.2, -0.15) is 0 Å². The van der Waals surface area contributed by atoms with Crippen LogP contribution in [0.5, 0.6) is 0 Å². The number of para-hydroxylation sites is 4. The summed E-state index contributed by atoms with van der Waals surface area (Å²) in [6.45, 7) is 0. The fourth-order valence-electron chi connectivity index (χ4n) is 8.71. The molecule has 12 aromatic rings. The number of furan rings is 1. The lowest BCUT2D eigenvalue weighted by Gasteiger charge is -2.15. The van der Waals surface area contributed by atoms with Gasteiger partial charge in [-0.25, -0.2) is 9.67 Å². The zero-order valence-corrected chi connectivity index (χ0v) is 30.0. The fourth-order valence-corrected chi connectivity index (χ4v) is 8.71. The first-order valence-electron chi connectivity index (χ1n) is 18.8. The predicted molar refractivity (Wildman–Crippen MR) is 228 cm³/mol. The van der Waals surface area contributed by atoms with E-state index < -0.39 is 0 Å². The van der Waals surface area contributed by atoms with Crippen LogP contribution in [0.4, 0.5) is 0 Å². The first kappa shape index (κ1) is 30.7. The number of fused-ring (bicyclic) bond motifs is 10. The molecule has 0 aliphatic carbocycles. The van der Waals surface area contributed by atoms with Gasteiger partial charge in [-0.05, 0) is 54.6 Å². The summed E-state index contributed by atoms with van der Waals surface area (Å²) in [6.07, 6.45) is 0. The molecule has 0 spiro atoms. The van der Waals surface area contributed by atoms with Gasteiger partial charge in [0.15, 0.2) is 11.6 Å². The molecule has 0 saturated heterocycles. The zero-order valence-electron chi connectivity index (χ0n) is 30.0. The summed E-state index contributed by atoms with van der Waals surface area (Å²) >= 11 is 0. The lowest BCUT2D eigenvalue weighted by Crippen LogP contribution is -2.04. The van der Waals surface area contributed by atoms with Crippen LogP contribution in [0.2, 0.25) is 0 Å². The normalized spacial score (nSPS) is 11.9. The average Bonchev–Trinajstić information content (AvgIpc) is 4.04. The van der Waals surface area contributed by atoms with Crippen LogP contribution in [-0.4, -0.2) is 23.9 Å². The topological polar surface area (TPSA) is 53.7 Å². The number of benzene rings is 8. The second-order valence-electron chi connectivity index (χ2n) is 14.2. The molecule has 4 heterocycles. The molecule has 12 rings (SSSR count). The summed E-state index contributed by atoms with van der Waals surface area (Å²) in [7, 11) is 0. The van der Waals surface area contributed by atoms with Crippen LogP contribution in [0.25, 0.3) is 105 Å². The van der Waals surface area contributed by atoms with Crippen LogP contribution in [0.15, 0.2) is 192 Å². The summed E-state index contributed by atoms with van der Waals surface area (Å²) in [6, 6.07) is 65.9. The van der Waals surface area contributed by atoms with E-state index in [9.17, 15) is 0 Å². The molecule has 0 unspecified atom stereocenters. The molecule has 8 aromatic carbocycles. The molecule has 0 aliphatic heterocycles. The molecule has 0 aliphatic rings. The highest BCUT2D eigenvalue weighted by Gasteiger charge is 2.23. The van der Waals surface area contributed by atoms with Gasteiger partial charge in [-0.1, -0.05) is 133 Å². The van der Waals surface area contributed by atoms with Crippen molar-refractivity contribution >= 4 is 65.6 Å². The second-order valence-corrected chi connectivity index (χ2v) is 14.2. The first-order chi connectivity index (χ1) is 27.8. The van der Waals surface area contributed by atoms with Crippen LogP contribution in [0.1, 0.15) is 0 Å². The van der Waals surface area contributed by atoms with E-state index in [4.69, 9.17) is 14.5 Å². The van der Waals surface area contributed by atoms with Crippen molar-refractivity contribution in [2.45, 2.75) is 0 Å². The maximum atomic E-state index is 6.42. The van der Waals surface area contributed by atoms with E-state index in [1.165, 1.54) is 16.2 Å². The Hall–Kier alpha value is -7.70. The van der Waals surface area contributed by atoms with Crippen LogP contribution in [-0.2, 0) is 0 Å². The van der Waals surface area contributed by atoms with E-state index in [0.29, 0.717) is 5.82 Å². The molecule has 0 atom stereocenters. The molecule has 56 heavy (non-hydrogen) atoms. The molecule has 4 aromatic heterocycles. The Labute approximate surface area is 320 Å². The molecular weight excluding hydrogens is 687 g/mol. The maximum absolute atomic E-state index is 6.42. The quantitative estimate of drug-likeness (QED) is 0.178. The van der Waals surface area contributed by atoms with Gasteiger partial charge in [0.25, 0.3) is 0 Å². The van der Waals surface area contributed by atoms with Gasteiger partial charge >= 0.3 is 0 Å². The van der Waals surface area contributed by atoms with Crippen molar-refractivity contribution in [1.29, 1.82) is 0 Å². The lowest BCUT2D eigenvalue weighted by molar-refractivity contribution is 0.669. The average molecular weight is 718 g/mol. The van der Waals surface area contributed by atoms with E-state index in [1.807, 2.05) is 47.1 Å². The minimum atomic E-state index is 0.676. The fraction of sp³-hybridized carbons (Fsp3) is 0. The van der Waals surface area contributed by atoms with Crippen molar-refractivity contribution in [1.82, 2.24) is 23.9 Å². The van der Waals surface area contributed by atoms with E-state index in [-0.39, 0.29) is 0 Å². The van der Waals surface area contributed by atoms with Gasteiger partial charge in [0, 0.05) is 49.4 Å². The first-order valence-corrected chi connectivity index (χ1v) is 18.8.